The van der Waals surface area contributed by atoms with Gasteiger partial charge in [-0.2, -0.15) is 5.10 Å². The van der Waals surface area contributed by atoms with E-state index in [2.05, 4.69) is 17.2 Å². The lowest BCUT2D eigenvalue weighted by atomic mass is 10.2. The summed E-state index contributed by atoms with van der Waals surface area (Å²) in [4.78, 5) is 1.56. The quantitative estimate of drug-likeness (QED) is 0.787. The Labute approximate surface area is 159 Å². The molecule has 26 heavy (non-hydrogen) atoms. The molecule has 138 valence electrons. The summed E-state index contributed by atoms with van der Waals surface area (Å²) in [5, 5.41) is 7.42. The number of hydrogen-bond acceptors (Lipinski definition) is 4. The molecule has 5 nitrogen and oxygen atoms in total. The highest BCUT2D eigenvalue weighted by molar-refractivity contribution is 6.30. The number of rotatable bonds is 6. The summed E-state index contributed by atoms with van der Waals surface area (Å²) < 4.78 is 11.4. The molecule has 1 saturated heterocycles. The summed E-state index contributed by atoms with van der Waals surface area (Å²) >= 11 is 5.91. The van der Waals surface area contributed by atoms with Gasteiger partial charge in [0.15, 0.2) is 11.5 Å². The van der Waals surface area contributed by atoms with Gasteiger partial charge < -0.3 is 14.4 Å². The average Bonchev–Trinajstić information content (AvgIpc) is 2.67. The van der Waals surface area contributed by atoms with Crippen molar-refractivity contribution in [3.63, 3.8) is 0 Å². The number of hydrogen-bond donors (Lipinski definition) is 1. The van der Waals surface area contributed by atoms with Gasteiger partial charge in [-0.15, -0.1) is 0 Å². The van der Waals surface area contributed by atoms with E-state index in [-0.39, 0.29) is 0 Å². The normalized spacial score (nSPS) is 15.4. The molecule has 1 aliphatic rings. The predicted molar refractivity (Wildman–Crippen MR) is 105 cm³/mol. The van der Waals surface area contributed by atoms with Gasteiger partial charge in [-0.3, -0.25) is 5.01 Å². The Bertz CT molecular complexity index is 741. The van der Waals surface area contributed by atoms with Crippen LogP contribution in [0.2, 0.25) is 5.02 Å². The molecule has 0 radical (unpaired) electrons. The molecule has 3 rings (SSSR count). The number of halogens is 1. The fourth-order valence-electron chi connectivity index (χ4n) is 2.77. The molecule has 0 spiro atoms. The van der Waals surface area contributed by atoms with Crippen molar-refractivity contribution in [2.45, 2.75) is 6.61 Å². The van der Waals surface area contributed by atoms with Crippen LogP contribution in [-0.2, 0) is 6.61 Å². The second-order valence-corrected chi connectivity index (χ2v) is 6.92. The molecular weight excluding hydrogens is 350 g/mol. The minimum Gasteiger partial charge on any atom is -0.493 e. The van der Waals surface area contributed by atoms with Gasteiger partial charge in [-0.25, -0.2) is 0 Å². The monoisotopic (exact) mass is 374 g/mol. The van der Waals surface area contributed by atoms with Crippen molar-refractivity contribution in [2.24, 2.45) is 5.10 Å². The van der Waals surface area contributed by atoms with Crippen molar-refractivity contribution in [3.05, 3.63) is 58.6 Å². The van der Waals surface area contributed by atoms with Crippen LogP contribution in [0.5, 0.6) is 11.5 Å². The number of ether oxygens (including phenoxy) is 2. The molecule has 0 unspecified atom stereocenters. The minimum absolute atomic E-state index is 0.463. The molecule has 1 heterocycles. The molecule has 1 fully saturated rings. The number of methoxy groups -OCH3 is 1. The van der Waals surface area contributed by atoms with Gasteiger partial charge in [0.25, 0.3) is 0 Å². The van der Waals surface area contributed by atoms with E-state index in [1.807, 2.05) is 48.7 Å². The Balaban J connectivity index is 1.62. The first kappa shape index (κ1) is 18.5. The molecule has 1 N–H and O–H groups in total. The van der Waals surface area contributed by atoms with Crippen LogP contribution in [0.1, 0.15) is 11.1 Å². The summed E-state index contributed by atoms with van der Waals surface area (Å²) in [6.45, 7) is 4.68. The van der Waals surface area contributed by atoms with Crippen molar-refractivity contribution in [3.8, 4) is 11.5 Å². The van der Waals surface area contributed by atoms with Gasteiger partial charge in [0.1, 0.15) is 6.61 Å². The Morgan fingerprint density at radius 1 is 1.12 bits per heavy atom. The van der Waals surface area contributed by atoms with E-state index in [9.17, 15) is 0 Å². The fraction of sp³-hybridized carbons (Fsp3) is 0.350. The van der Waals surface area contributed by atoms with Gasteiger partial charge in [0, 0.05) is 5.02 Å². The van der Waals surface area contributed by atoms with Crippen molar-refractivity contribution in [1.82, 2.24) is 5.01 Å². The zero-order valence-electron chi connectivity index (χ0n) is 15.2. The van der Waals surface area contributed by atoms with Crippen LogP contribution in [0.25, 0.3) is 0 Å². The molecule has 6 heteroatoms. The highest BCUT2D eigenvalue weighted by atomic mass is 35.5. The molecule has 0 amide bonds. The summed E-state index contributed by atoms with van der Waals surface area (Å²) in [5.74, 6) is 1.41. The Kier molecular flexibility index (Phi) is 6.36. The van der Waals surface area contributed by atoms with Gasteiger partial charge in [-0.05, 0) is 41.5 Å². The average molecular weight is 375 g/mol. The maximum absolute atomic E-state index is 5.91. The number of nitrogens with zero attached hydrogens (tertiary/aromatic N) is 2. The van der Waals surface area contributed by atoms with Crippen LogP contribution in [0.15, 0.2) is 47.6 Å². The number of likely N-dealkylation sites (N-methyl/N-ethyl adjacent to an activating group) is 1. The van der Waals surface area contributed by atoms with Crippen molar-refractivity contribution >= 4 is 17.8 Å². The van der Waals surface area contributed by atoms with Crippen LogP contribution in [0.4, 0.5) is 0 Å². The largest absolute Gasteiger partial charge is 0.493 e. The summed E-state index contributed by atoms with van der Waals surface area (Å²) in [5.41, 5.74) is 2.05. The SMILES string of the molecule is COc1cc(/C=N\N2CC[NH+](C)CC2)ccc1OCc1ccc(Cl)cc1. The molecule has 2 aromatic rings. The minimum atomic E-state index is 0.463. The molecule has 0 aliphatic carbocycles. The van der Waals surface area contributed by atoms with Crippen LogP contribution in [-0.4, -0.2) is 51.6 Å². The lowest BCUT2D eigenvalue weighted by molar-refractivity contribution is -0.884. The first-order valence-corrected chi connectivity index (χ1v) is 9.17. The third-order valence-corrected chi connectivity index (χ3v) is 4.71. The van der Waals surface area contributed by atoms with E-state index in [0.717, 1.165) is 42.3 Å². The number of quaternary nitrogens is 1. The molecular formula is C20H25ClN3O2+. The van der Waals surface area contributed by atoms with E-state index in [1.54, 1.807) is 12.0 Å². The predicted octanol–water partition coefficient (Wildman–Crippen LogP) is 2.09. The lowest BCUT2D eigenvalue weighted by Gasteiger charge is -2.27. The molecule has 0 saturated carbocycles. The number of piperazine rings is 1. The standard InChI is InChI=1S/C20H24ClN3O2/c1-23-9-11-24(12-10-23)22-14-17-5-8-19(20(13-17)25-2)26-15-16-3-6-18(21)7-4-16/h3-8,13-14H,9-12,15H2,1-2H3/p+1/b22-14-. The van der Waals surface area contributed by atoms with Crippen LogP contribution in [0.3, 0.4) is 0 Å². The Morgan fingerprint density at radius 2 is 1.85 bits per heavy atom. The lowest BCUT2D eigenvalue weighted by Crippen LogP contribution is -3.11. The Morgan fingerprint density at radius 3 is 2.54 bits per heavy atom. The molecule has 0 atom stereocenters. The molecule has 2 aromatic carbocycles. The maximum atomic E-state index is 5.91. The zero-order chi connectivity index (χ0) is 18.4. The first-order chi connectivity index (χ1) is 12.6. The summed E-state index contributed by atoms with van der Waals surface area (Å²) in [6, 6.07) is 13.5. The topological polar surface area (TPSA) is 38.5 Å². The van der Waals surface area contributed by atoms with Gasteiger partial charge in [0.05, 0.1) is 46.6 Å². The van der Waals surface area contributed by atoms with Gasteiger partial charge in [-0.1, -0.05) is 23.7 Å². The zero-order valence-corrected chi connectivity index (χ0v) is 16.0. The van der Waals surface area contributed by atoms with Crippen molar-refractivity contribution in [2.75, 3.05) is 40.3 Å². The van der Waals surface area contributed by atoms with Crippen molar-refractivity contribution < 1.29 is 14.4 Å². The van der Waals surface area contributed by atoms with Crippen molar-refractivity contribution in [1.29, 1.82) is 0 Å². The van der Waals surface area contributed by atoms with Crippen LogP contribution < -0.4 is 14.4 Å². The smallest absolute Gasteiger partial charge is 0.161 e. The fourth-order valence-corrected chi connectivity index (χ4v) is 2.89. The van der Waals surface area contributed by atoms with E-state index < -0.39 is 0 Å². The van der Waals surface area contributed by atoms with E-state index >= 15 is 0 Å². The van der Waals surface area contributed by atoms with Crippen LogP contribution in [0, 0.1) is 0 Å². The van der Waals surface area contributed by atoms with E-state index in [0.29, 0.717) is 18.1 Å². The van der Waals surface area contributed by atoms with E-state index in [4.69, 9.17) is 21.1 Å². The van der Waals surface area contributed by atoms with Crippen LogP contribution >= 0.6 is 11.6 Å². The van der Waals surface area contributed by atoms with Gasteiger partial charge >= 0.3 is 0 Å². The highest BCUT2D eigenvalue weighted by Gasteiger charge is 2.14. The second kappa shape index (κ2) is 8.92. The molecule has 1 aliphatic heterocycles. The summed E-state index contributed by atoms with van der Waals surface area (Å²) in [6.07, 6.45) is 1.88. The van der Waals surface area contributed by atoms with Gasteiger partial charge in [0.2, 0.25) is 0 Å². The maximum Gasteiger partial charge on any atom is 0.161 e. The highest BCUT2D eigenvalue weighted by Crippen LogP contribution is 2.28. The van der Waals surface area contributed by atoms with E-state index in [1.165, 1.54) is 0 Å². The number of nitrogens with one attached hydrogen (secondary N) is 1. The third-order valence-electron chi connectivity index (χ3n) is 4.46. The molecule has 0 bridgehead atoms. The number of hydrazone groups is 1. The third kappa shape index (κ3) is 5.13. The summed E-state index contributed by atoms with van der Waals surface area (Å²) in [7, 11) is 3.86. The number of benzene rings is 2. The Hall–Kier alpha value is -2.24. The molecule has 0 aromatic heterocycles. The first-order valence-electron chi connectivity index (χ1n) is 8.79. The second-order valence-electron chi connectivity index (χ2n) is 6.48.